The molecule has 0 spiro atoms. The second-order valence-corrected chi connectivity index (χ2v) is 7.12. The van der Waals surface area contributed by atoms with Crippen molar-refractivity contribution in [2.24, 2.45) is 0 Å². The summed E-state index contributed by atoms with van der Waals surface area (Å²) in [4.78, 5) is 0. The van der Waals surface area contributed by atoms with E-state index in [0.29, 0.717) is 0 Å². The SMILES string of the molecule is Cc1cc(Br)c(NCc2ccc3c(c2)CCC3)c(Br)c1. The first kappa shape index (κ1) is 14.2. The summed E-state index contributed by atoms with van der Waals surface area (Å²) >= 11 is 7.26. The van der Waals surface area contributed by atoms with Gasteiger partial charge in [-0.1, -0.05) is 18.2 Å². The molecule has 1 nitrogen and oxygen atoms in total. The number of nitrogens with one attached hydrogen (secondary N) is 1. The number of hydrogen-bond acceptors (Lipinski definition) is 1. The van der Waals surface area contributed by atoms with Crippen LogP contribution in [-0.2, 0) is 19.4 Å². The molecule has 1 aliphatic carbocycles. The zero-order valence-electron chi connectivity index (χ0n) is 11.5. The Morgan fingerprint density at radius 2 is 1.70 bits per heavy atom. The van der Waals surface area contributed by atoms with E-state index in [0.717, 1.165) is 21.2 Å². The number of halogens is 2. The Kier molecular flexibility index (Phi) is 4.18. The van der Waals surface area contributed by atoms with Gasteiger partial charge in [0.15, 0.2) is 0 Å². The van der Waals surface area contributed by atoms with E-state index in [9.17, 15) is 0 Å². The number of fused-ring (bicyclic) bond motifs is 1. The first-order valence-electron chi connectivity index (χ1n) is 6.93. The molecule has 0 atom stereocenters. The molecular weight excluding hydrogens is 378 g/mol. The van der Waals surface area contributed by atoms with Gasteiger partial charge in [0.25, 0.3) is 0 Å². The number of hydrogen-bond donors (Lipinski definition) is 1. The molecule has 0 aliphatic heterocycles. The summed E-state index contributed by atoms with van der Waals surface area (Å²) in [6.07, 6.45) is 3.79. The Morgan fingerprint density at radius 1 is 1.00 bits per heavy atom. The average Bonchev–Trinajstić information content (AvgIpc) is 2.84. The van der Waals surface area contributed by atoms with Gasteiger partial charge in [-0.25, -0.2) is 0 Å². The smallest absolute Gasteiger partial charge is 0.0631 e. The third-order valence-electron chi connectivity index (χ3n) is 3.82. The molecule has 1 N–H and O–H groups in total. The van der Waals surface area contributed by atoms with Crippen molar-refractivity contribution in [1.82, 2.24) is 0 Å². The Labute approximate surface area is 137 Å². The fourth-order valence-corrected chi connectivity index (χ4v) is 4.49. The minimum Gasteiger partial charge on any atom is -0.379 e. The van der Waals surface area contributed by atoms with Crippen molar-refractivity contribution in [2.45, 2.75) is 32.7 Å². The van der Waals surface area contributed by atoms with E-state index >= 15 is 0 Å². The summed E-state index contributed by atoms with van der Waals surface area (Å²) in [5.41, 5.74) is 6.78. The van der Waals surface area contributed by atoms with Gasteiger partial charge in [-0.2, -0.15) is 0 Å². The summed E-state index contributed by atoms with van der Waals surface area (Å²) in [6.45, 7) is 2.95. The molecule has 20 heavy (non-hydrogen) atoms. The summed E-state index contributed by atoms with van der Waals surface area (Å²) in [5, 5.41) is 3.52. The zero-order valence-corrected chi connectivity index (χ0v) is 14.6. The Balaban J connectivity index is 1.77. The van der Waals surface area contributed by atoms with E-state index in [2.05, 4.69) is 74.4 Å². The van der Waals surface area contributed by atoms with Crippen molar-refractivity contribution < 1.29 is 0 Å². The van der Waals surface area contributed by atoms with Crippen LogP contribution in [0.5, 0.6) is 0 Å². The van der Waals surface area contributed by atoms with Crippen LogP contribution in [0.15, 0.2) is 39.3 Å². The van der Waals surface area contributed by atoms with E-state index in [1.165, 1.54) is 41.5 Å². The molecule has 0 bridgehead atoms. The van der Waals surface area contributed by atoms with Crippen LogP contribution in [0.25, 0.3) is 0 Å². The monoisotopic (exact) mass is 393 g/mol. The van der Waals surface area contributed by atoms with Crippen molar-refractivity contribution in [3.05, 3.63) is 61.5 Å². The highest BCUT2D eigenvalue weighted by molar-refractivity contribution is 9.11. The normalized spacial score (nSPS) is 13.3. The lowest BCUT2D eigenvalue weighted by atomic mass is 10.1. The van der Waals surface area contributed by atoms with Gasteiger partial charge < -0.3 is 5.32 Å². The Bertz CT molecular complexity index is 626. The van der Waals surface area contributed by atoms with Crippen LogP contribution in [0, 0.1) is 6.92 Å². The second kappa shape index (κ2) is 5.90. The molecule has 2 aromatic carbocycles. The molecule has 3 rings (SSSR count). The maximum atomic E-state index is 3.63. The summed E-state index contributed by atoms with van der Waals surface area (Å²) < 4.78 is 2.20. The van der Waals surface area contributed by atoms with Crippen molar-refractivity contribution in [2.75, 3.05) is 5.32 Å². The lowest BCUT2D eigenvalue weighted by Gasteiger charge is -2.12. The minimum absolute atomic E-state index is 0.855. The zero-order chi connectivity index (χ0) is 14.1. The largest absolute Gasteiger partial charge is 0.379 e. The molecular formula is C17H17Br2N. The molecule has 0 heterocycles. The van der Waals surface area contributed by atoms with Gasteiger partial charge >= 0.3 is 0 Å². The first-order chi connectivity index (χ1) is 9.63. The fraction of sp³-hybridized carbons (Fsp3) is 0.294. The number of aryl methyl sites for hydroxylation is 3. The number of benzene rings is 2. The number of anilines is 1. The van der Waals surface area contributed by atoms with Gasteiger partial charge in [-0.05, 0) is 92.4 Å². The topological polar surface area (TPSA) is 12.0 Å². The molecule has 0 radical (unpaired) electrons. The highest BCUT2D eigenvalue weighted by Crippen LogP contribution is 2.33. The quantitative estimate of drug-likeness (QED) is 0.712. The first-order valence-corrected chi connectivity index (χ1v) is 8.52. The van der Waals surface area contributed by atoms with Crippen LogP contribution in [0.1, 0.15) is 28.7 Å². The van der Waals surface area contributed by atoms with Crippen molar-refractivity contribution in [3.8, 4) is 0 Å². The molecule has 3 heteroatoms. The Hall–Kier alpha value is -0.800. The van der Waals surface area contributed by atoms with Gasteiger partial charge in [0.1, 0.15) is 0 Å². The maximum absolute atomic E-state index is 3.63. The van der Waals surface area contributed by atoms with Crippen LogP contribution in [-0.4, -0.2) is 0 Å². The third kappa shape index (κ3) is 2.94. The third-order valence-corrected chi connectivity index (χ3v) is 5.07. The van der Waals surface area contributed by atoms with E-state index in [1.807, 2.05) is 0 Å². The van der Waals surface area contributed by atoms with E-state index in [-0.39, 0.29) is 0 Å². The lowest BCUT2D eigenvalue weighted by molar-refractivity contribution is 0.911. The van der Waals surface area contributed by atoms with Crippen LogP contribution >= 0.6 is 31.9 Å². The molecule has 0 saturated carbocycles. The molecule has 0 aromatic heterocycles. The van der Waals surface area contributed by atoms with Gasteiger partial charge in [0.2, 0.25) is 0 Å². The second-order valence-electron chi connectivity index (χ2n) is 5.41. The highest BCUT2D eigenvalue weighted by atomic mass is 79.9. The number of rotatable bonds is 3. The molecule has 2 aromatic rings. The van der Waals surface area contributed by atoms with Crippen molar-refractivity contribution in [3.63, 3.8) is 0 Å². The minimum atomic E-state index is 0.855. The van der Waals surface area contributed by atoms with E-state index in [4.69, 9.17) is 0 Å². The molecule has 0 unspecified atom stereocenters. The maximum Gasteiger partial charge on any atom is 0.0631 e. The summed E-state index contributed by atoms with van der Waals surface area (Å²) in [6, 6.07) is 11.2. The standard InChI is InChI=1S/C17H17Br2N/c1-11-7-15(18)17(16(19)8-11)20-10-12-5-6-13-3-2-4-14(13)9-12/h5-9,20H,2-4,10H2,1H3. The lowest BCUT2D eigenvalue weighted by Crippen LogP contribution is -2.02. The van der Waals surface area contributed by atoms with Crippen molar-refractivity contribution >= 4 is 37.5 Å². The van der Waals surface area contributed by atoms with Crippen LogP contribution in [0.2, 0.25) is 0 Å². The average molecular weight is 395 g/mol. The Morgan fingerprint density at radius 3 is 2.45 bits per heavy atom. The van der Waals surface area contributed by atoms with Gasteiger partial charge in [0.05, 0.1) is 5.69 Å². The molecule has 1 aliphatic rings. The fourth-order valence-electron chi connectivity index (χ4n) is 2.79. The van der Waals surface area contributed by atoms with Gasteiger partial charge in [-0.15, -0.1) is 0 Å². The molecule has 104 valence electrons. The van der Waals surface area contributed by atoms with E-state index < -0.39 is 0 Å². The predicted molar refractivity (Wildman–Crippen MR) is 92.4 cm³/mol. The van der Waals surface area contributed by atoms with Crippen LogP contribution in [0.4, 0.5) is 5.69 Å². The molecule has 0 amide bonds. The summed E-state index contributed by atoms with van der Waals surface area (Å²) in [7, 11) is 0. The van der Waals surface area contributed by atoms with Gasteiger partial charge in [0, 0.05) is 15.5 Å². The van der Waals surface area contributed by atoms with Crippen LogP contribution in [0.3, 0.4) is 0 Å². The van der Waals surface area contributed by atoms with Gasteiger partial charge in [-0.3, -0.25) is 0 Å². The van der Waals surface area contributed by atoms with Crippen molar-refractivity contribution in [1.29, 1.82) is 0 Å². The molecule has 0 saturated heterocycles. The van der Waals surface area contributed by atoms with Crippen LogP contribution < -0.4 is 5.32 Å². The molecule has 0 fully saturated rings. The predicted octanol–water partition coefficient (Wildman–Crippen LogP) is 5.62. The summed E-state index contributed by atoms with van der Waals surface area (Å²) in [5.74, 6) is 0. The van der Waals surface area contributed by atoms with E-state index in [1.54, 1.807) is 0 Å². The highest BCUT2D eigenvalue weighted by Gasteiger charge is 2.11.